The SMILES string of the molecule is N#Cc1ccc(N2CCCCC2c2ncn[nH]2)nc1. The van der Waals surface area contributed by atoms with E-state index in [9.17, 15) is 0 Å². The molecule has 0 radical (unpaired) electrons. The second kappa shape index (κ2) is 5.06. The van der Waals surface area contributed by atoms with Crippen LogP contribution in [0, 0.1) is 11.3 Å². The Hall–Kier alpha value is -2.42. The number of hydrogen-bond donors (Lipinski definition) is 1. The molecule has 6 nitrogen and oxygen atoms in total. The maximum atomic E-state index is 8.81. The van der Waals surface area contributed by atoms with Crippen LogP contribution in [0.1, 0.15) is 36.7 Å². The molecular weight excluding hydrogens is 240 g/mol. The van der Waals surface area contributed by atoms with Crippen molar-refractivity contribution in [3.05, 3.63) is 36.0 Å². The Bertz CT molecular complexity index is 568. The molecule has 0 saturated carbocycles. The van der Waals surface area contributed by atoms with Crippen LogP contribution in [0.25, 0.3) is 0 Å². The normalized spacial score (nSPS) is 19.1. The first-order chi connectivity index (χ1) is 9.38. The number of pyridine rings is 1. The molecule has 1 atom stereocenters. The summed E-state index contributed by atoms with van der Waals surface area (Å²) in [4.78, 5) is 10.9. The van der Waals surface area contributed by atoms with Crippen molar-refractivity contribution in [2.45, 2.75) is 25.3 Å². The average molecular weight is 254 g/mol. The first-order valence-electron chi connectivity index (χ1n) is 6.36. The predicted octanol–water partition coefficient (Wildman–Crippen LogP) is 1.80. The van der Waals surface area contributed by atoms with Gasteiger partial charge in [0.1, 0.15) is 24.0 Å². The zero-order chi connectivity index (χ0) is 13.1. The number of aromatic amines is 1. The number of anilines is 1. The molecule has 19 heavy (non-hydrogen) atoms. The van der Waals surface area contributed by atoms with Crippen molar-refractivity contribution in [3.8, 4) is 6.07 Å². The monoisotopic (exact) mass is 254 g/mol. The molecule has 0 aliphatic carbocycles. The van der Waals surface area contributed by atoms with Crippen LogP contribution in [0.3, 0.4) is 0 Å². The summed E-state index contributed by atoms with van der Waals surface area (Å²) in [7, 11) is 0. The Morgan fingerprint density at radius 3 is 2.95 bits per heavy atom. The van der Waals surface area contributed by atoms with Gasteiger partial charge in [-0.3, -0.25) is 5.10 Å². The van der Waals surface area contributed by atoms with Crippen molar-refractivity contribution < 1.29 is 0 Å². The first-order valence-corrected chi connectivity index (χ1v) is 6.36. The zero-order valence-electron chi connectivity index (χ0n) is 10.5. The summed E-state index contributed by atoms with van der Waals surface area (Å²) >= 11 is 0. The van der Waals surface area contributed by atoms with Gasteiger partial charge in [-0.2, -0.15) is 10.4 Å². The van der Waals surface area contributed by atoms with Crippen molar-refractivity contribution in [2.75, 3.05) is 11.4 Å². The second-order valence-electron chi connectivity index (χ2n) is 4.59. The Balaban J connectivity index is 1.89. The lowest BCUT2D eigenvalue weighted by molar-refractivity contribution is 0.454. The van der Waals surface area contributed by atoms with E-state index in [1.165, 1.54) is 12.7 Å². The van der Waals surface area contributed by atoms with Gasteiger partial charge < -0.3 is 4.90 Å². The van der Waals surface area contributed by atoms with E-state index in [2.05, 4.69) is 31.1 Å². The largest absolute Gasteiger partial charge is 0.346 e. The lowest BCUT2D eigenvalue weighted by Gasteiger charge is -2.35. The van der Waals surface area contributed by atoms with Gasteiger partial charge in [-0.25, -0.2) is 9.97 Å². The predicted molar refractivity (Wildman–Crippen MR) is 69.3 cm³/mol. The van der Waals surface area contributed by atoms with Crippen molar-refractivity contribution in [1.82, 2.24) is 20.2 Å². The minimum atomic E-state index is 0.191. The highest BCUT2D eigenvalue weighted by Crippen LogP contribution is 2.32. The number of piperidine rings is 1. The van der Waals surface area contributed by atoms with Crippen molar-refractivity contribution in [2.24, 2.45) is 0 Å². The summed E-state index contributed by atoms with van der Waals surface area (Å²) in [5.41, 5.74) is 0.581. The quantitative estimate of drug-likeness (QED) is 0.883. The zero-order valence-corrected chi connectivity index (χ0v) is 10.5. The second-order valence-corrected chi connectivity index (χ2v) is 4.59. The number of rotatable bonds is 2. The van der Waals surface area contributed by atoms with Gasteiger partial charge in [0.25, 0.3) is 0 Å². The number of hydrogen-bond acceptors (Lipinski definition) is 5. The van der Waals surface area contributed by atoms with Gasteiger partial charge in [0.05, 0.1) is 11.6 Å². The van der Waals surface area contributed by atoms with Gasteiger partial charge in [0.15, 0.2) is 0 Å². The molecule has 2 aromatic rings. The van der Waals surface area contributed by atoms with Crippen molar-refractivity contribution in [1.29, 1.82) is 5.26 Å². The Morgan fingerprint density at radius 2 is 2.26 bits per heavy atom. The molecule has 1 aliphatic rings. The van der Waals surface area contributed by atoms with Crippen LogP contribution in [-0.4, -0.2) is 26.7 Å². The maximum absolute atomic E-state index is 8.81. The van der Waals surface area contributed by atoms with Gasteiger partial charge in [-0.05, 0) is 31.4 Å². The summed E-state index contributed by atoms with van der Waals surface area (Å²) < 4.78 is 0. The molecule has 2 aromatic heterocycles. The Labute approximate surface area is 111 Å². The van der Waals surface area contributed by atoms with E-state index in [4.69, 9.17) is 5.26 Å². The highest BCUT2D eigenvalue weighted by atomic mass is 15.3. The minimum absolute atomic E-state index is 0.191. The molecule has 0 spiro atoms. The molecule has 96 valence electrons. The molecule has 0 aromatic carbocycles. The molecule has 1 aliphatic heterocycles. The molecule has 0 amide bonds. The Kier molecular flexibility index (Phi) is 3.11. The lowest BCUT2D eigenvalue weighted by atomic mass is 10.0. The fourth-order valence-corrected chi connectivity index (χ4v) is 2.49. The highest BCUT2D eigenvalue weighted by Gasteiger charge is 2.27. The van der Waals surface area contributed by atoms with E-state index in [0.717, 1.165) is 31.0 Å². The molecule has 0 bridgehead atoms. The lowest BCUT2D eigenvalue weighted by Crippen LogP contribution is -2.34. The summed E-state index contributed by atoms with van der Waals surface area (Å²) in [5.74, 6) is 1.77. The van der Waals surface area contributed by atoms with Gasteiger partial charge in [0.2, 0.25) is 0 Å². The number of H-pyrrole nitrogens is 1. The minimum Gasteiger partial charge on any atom is -0.346 e. The van der Waals surface area contributed by atoms with E-state index in [-0.39, 0.29) is 6.04 Å². The molecule has 1 unspecified atom stereocenters. The third-order valence-electron chi connectivity index (χ3n) is 3.42. The fourth-order valence-electron chi connectivity index (χ4n) is 2.49. The molecule has 1 N–H and O–H groups in total. The maximum Gasteiger partial charge on any atom is 0.147 e. The summed E-state index contributed by atoms with van der Waals surface area (Å²) in [6, 6.07) is 5.97. The van der Waals surface area contributed by atoms with Crippen LogP contribution in [0.5, 0.6) is 0 Å². The van der Waals surface area contributed by atoms with E-state index in [0.29, 0.717) is 5.56 Å². The van der Waals surface area contributed by atoms with Gasteiger partial charge in [-0.15, -0.1) is 0 Å². The Morgan fingerprint density at radius 1 is 1.32 bits per heavy atom. The first kappa shape index (κ1) is 11.7. The fraction of sp³-hybridized carbons (Fsp3) is 0.385. The van der Waals surface area contributed by atoms with Crippen molar-refractivity contribution in [3.63, 3.8) is 0 Å². The summed E-state index contributed by atoms with van der Waals surface area (Å²) in [6.45, 7) is 0.949. The highest BCUT2D eigenvalue weighted by molar-refractivity contribution is 5.44. The molecule has 3 heterocycles. The summed E-state index contributed by atoms with van der Waals surface area (Å²) in [5, 5.41) is 15.7. The molecular formula is C13H14N6. The summed E-state index contributed by atoms with van der Waals surface area (Å²) in [6.07, 6.45) is 6.51. The molecule has 1 fully saturated rings. The van der Waals surface area contributed by atoms with Crippen LogP contribution < -0.4 is 4.90 Å². The van der Waals surface area contributed by atoms with Crippen LogP contribution in [0.2, 0.25) is 0 Å². The topological polar surface area (TPSA) is 81.5 Å². The van der Waals surface area contributed by atoms with Crippen LogP contribution >= 0.6 is 0 Å². The van der Waals surface area contributed by atoms with Crippen molar-refractivity contribution >= 4 is 5.82 Å². The van der Waals surface area contributed by atoms with Gasteiger partial charge in [-0.1, -0.05) is 0 Å². The number of aromatic nitrogens is 4. The van der Waals surface area contributed by atoms with Crippen LogP contribution in [0.15, 0.2) is 24.7 Å². The van der Waals surface area contributed by atoms with Gasteiger partial charge in [0, 0.05) is 12.7 Å². The van der Waals surface area contributed by atoms with E-state index < -0.39 is 0 Å². The molecule has 6 heteroatoms. The number of nitrogens with zero attached hydrogens (tertiary/aromatic N) is 5. The van der Waals surface area contributed by atoms with Crippen LogP contribution in [-0.2, 0) is 0 Å². The van der Waals surface area contributed by atoms with E-state index >= 15 is 0 Å². The molecule has 1 saturated heterocycles. The smallest absolute Gasteiger partial charge is 0.147 e. The number of nitrogens with one attached hydrogen (secondary N) is 1. The van der Waals surface area contributed by atoms with Gasteiger partial charge >= 0.3 is 0 Å². The number of nitriles is 1. The van der Waals surface area contributed by atoms with Crippen LogP contribution in [0.4, 0.5) is 5.82 Å². The standard InChI is InChI=1S/C13H14N6/c14-7-10-4-5-12(15-8-10)19-6-2-1-3-11(19)13-16-9-17-18-13/h4-5,8-9,11H,1-3,6H2,(H,16,17,18). The van der Waals surface area contributed by atoms with E-state index in [1.54, 1.807) is 12.3 Å². The average Bonchev–Trinajstić information content (AvgIpc) is 3.01. The molecule has 3 rings (SSSR count). The third-order valence-corrected chi connectivity index (χ3v) is 3.42. The van der Waals surface area contributed by atoms with E-state index in [1.807, 2.05) is 6.07 Å². The third kappa shape index (κ3) is 2.27.